The summed E-state index contributed by atoms with van der Waals surface area (Å²) in [6.45, 7) is 4.66. The van der Waals surface area contributed by atoms with Crippen LogP contribution in [0.3, 0.4) is 0 Å². The Bertz CT molecular complexity index is 279. The summed E-state index contributed by atoms with van der Waals surface area (Å²) >= 11 is 5.82. The highest BCUT2D eigenvalue weighted by molar-refractivity contribution is 6.20. The molecule has 0 aromatic heterocycles. The van der Waals surface area contributed by atoms with Crippen molar-refractivity contribution < 1.29 is 9.53 Å². The van der Waals surface area contributed by atoms with Gasteiger partial charge < -0.3 is 4.74 Å². The van der Waals surface area contributed by atoms with Gasteiger partial charge in [0.2, 0.25) is 0 Å². The van der Waals surface area contributed by atoms with Crippen LogP contribution < -0.4 is 0 Å². The molecule has 0 aromatic carbocycles. The molecule has 0 saturated carbocycles. The average Bonchev–Trinajstić information content (AvgIpc) is 2.58. The number of halogens is 1. The summed E-state index contributed by atoms with van der Waals surface area (Å²) in [5, 5.41) is 0.0820. The first-order chi connectivity index (χ1) is 12.2. The van der Waals surface area contributed by atoms with Crippen molar-refractivity contribution >= 4 is 17.6 Å². The Labute approximate surface area is 162 Å². The van der Waals surface area contributed by atoms with E-state index in [0.717, 1.165) is 19.3 Å². The van der Waals surface area contributed by atoms with Crippen LogP contribution >= 0.6 is 11.6 Å². The number of carbonyl (C=O) groups is 1. The molecule has 150 valence electrons. The number of carbonyl (C=O) groups excluding carboxylic acids is 1. The maximum Gasteiger partial charge on any atom is 0.305 e. The van der Waals surface area contributed by atoms with Crippen LogP contribution in [0.25, 0.3) is 0 Å². The minimum Gasteiger partial charge on any atom is -0.466 e. The highest BCUT2D eigenvalue weighted by atomic mass is 35.5. The van der Waals surface area contributed by atoms with Crippen LogP contribution in [0.15, 0.2) is 0 Å². The summed E-state index contributed by atoms with van der Waals surface area (Å²) in [4.78, 5) is 11.5. The van der Waals surface area contributed by atoms with E-state index in [1.54, 1.807) is 0 Å². The van der Waals surface area contributed by atoms with Crippen molar-refractivity contribution in [3.63, 3.8) is 0 Å². The van der Waals surface area contributed by atoms with Crippen molar-refractivity contribution in [2.75, 3.05) is 6.61 Å². The molecular weight excluding hydrogens is 332 g/mol. The summed E-state index contributed by atoms with van der Waals surface area (Å²) in [5.74, 6) is -0.0630. The quantitative estimate of drug-likeness (QED) is 0.131. The molecule has 1 unspecified atom stereocenters. The number of rotatable bonds is 19. The third-order valence-corrected chi connectivity index (χ3v) is 4.98. The van der Waals surface area contributed by atoms with Gasteiger partial charge in [-0.1, -0.05) is 96.8 Å². The van der Waals surface area contributed by atoms with Crippen molar-refractivity contribution in [2.24, 2.45) is 0 Å². The number of esters is 1. The largest absolute Gasteiger partial charge is 0.466 e. The molecule has 0 fully saturated rings. The van der Waals surface area contributed by atoms with Gasteiger partial charge in [0.1, 0.15) is 0 Å². The summed E-state index contributed by atoms with van der Waals surface area (Å²) in [6, 6.07) is 0. The van der Waals surface area contributed by atoms with E-state index in [2.05, 4.69) is 6.92 Å². The maximum absolute atomic E-state index is 11.5. The van der Waals surface area contributed by atoms with Crippen LogP contribution in [0.2, 0.25) is 0 Å². The van der Waals surface area contributed by atoms with E-state index in [9.17, 15) is 4.79 Å². The molecule has 0 spiro atoms. The van der Waals surface area contributed by atoms with Crippen LogP contribution in [0.5, 0.6) is 0 Å². The fraction of sp³-hybridized carbons (Fsp3) is 0.955. The summed E-state index contributed by atoms with van der Waals surface area (Å²) in [5.41, 5.74) is 0. The van der Waals surface area contributed by atoms with E-state index in [0.29, 0.717) is 13.0 Å². The van der Waals surface area contributed by atoms with Crippen LogP contribution in [0.4, 0.5) is 0 Å². The first-order valence-corrected chi connectivity index (χ1v) is 11.4. The molecule has 0 rings (SSSR count). The topological polar surface area (TPSA) is 26.3 Å². The first-order valence-electron chi connectivity index (χ1n) is 11.0. The van der Waals surface area contributed by atoms with Crippen molar-refractivity contribution in [3.8, 4) is 0 Å². The molecule has 1 atom stereocenters. The zero-order valence-electron chi connectivity index (χ0n) is 17.0. The lowest BCUT2D eigenvalue weighted by atomic mass is 10.0. The minimum atomic E-state index is -0.0630. The molecule has 0 heterocycles. The van der Waals surface area contributed by atoms with Crippen molar-refractivity contribution in [1.82, 2.24) is 0 Å². The minimum absolute atomic E-state index is 0.0630. The van der Waals surface area contributed by atoms with E-state index >= 15 is 0 Å². The predicted molar refractivity (Wildman–Crippen MR) is 110 cm³/mol. The monoisotopic (exact) mass is 374 g/mol. The molecule has 0 N–H and O–H groups in total. The Morgan fingerprint density at radius 3 is 1.56 bits per heavy atom. The Hall–Kier alpha value is -0.240. The summed E-state index contributed by atoms with van der Waals surface area (Å²) in [7, 11) is 0. The Kier molecular flexibility index (Phi) is 19.9. The zero-order chi connectivity index (χ0) is 18.6. The Morgan fingerprint density at radius 1 is 0.760 bits per heavy atom. The lowest BCUT2D eigenvalue weighted by Gasteiger charge is -2.06. The lowest BCUT2D eigenvalue weighted by Crippen LogP contribution is -2.08. The summed E-state index contributed by atoms with van der Waals surface area (Å²) in [6.07, 6.45) is 21.5. The molecule has 0 aliphatic carbocycles. The normalized spacial score (nSPS) is 12.3. The molecule has 0 aromatic rings. The molecule has 25 heavy (non-hydrogen) atoms. The third-order valence-electron chi connectivity index (χ3n) is 4.76. The predicted octanol–water partition coefficient (Wildman–Crippen LogP) is 7.81. The van der Waals surface area contributed by atoms with Gasteiger partial charge in [0.25, 0.3) is 0 Å². The molecule has 0 amide bonds. The second-order valence-electron chi connectivity index (χ2n) is 7.49. The van der Waals surface area contributed by atoms with Gasteiger partial charge in [-0.2, -0.15) is 0 Å². The molecule has 0 radical (unpaired) electrons. The third kappa shape index (κ3) is 21.7. The van der Waals surface area contributed by atoms with E-state index in [4.69, 9.17) is 16.3 Å². The molecule has 0 aliphatic rings. The van der Waals surface area contributed by atoms with Gasteiger partial charge in [-0.05, 0) is 19.8 Å². The SMILES string of the molecule is CCCCCCCCCCCCCCCCCC(=O)OCCC(C)Cl. The molecule has 0 saturated heterocycles. The van der Waals surface area contributed by atoms with Gasteiger partial charge in [0.15, 0.2) is 0 Å². The Morgan fingerprint density at radius 2 is 1.16 bits per heavy atom. The number of unbranched alkanes of at least 4 members (excludes halogenated alkanes) is 14. The number of hydrogen-bond acceptors (Lipinski definition) is 2. The highest BCUT2D eigenvalue weighted by Crippen LogP contribution is 2.13. The number of hydrogen-bond donors (Lipinski definition) is 0. The van der Waals surface area contributed by atoms with Crippen molar-refractivity contribution in [3.05, 3.63) is 0 Å². The van der Waals surface area contributed by atoms with E-state index in [1.165, 1.54) is 83.5 Å². The Balaban J connectivity index is 3.10. The van der Waals surface area contributed by atoms with Crippen LogP contribution in [0.1, 0.15) is 123 Å². The molecular formula is C22H43ClO2. The second-order valence-corrected chi connectivity index (χ2v) is 8.23. The smallest absolute Gasteiger partial charge is 0.305 e. The molecule has 0 bridgehead atoms. The molecule has 2 nitrogen and oxygen atoms in total. The fourth-order valence-electron chi connectivity index (χ4n) is 3.05. The maximum atomic E-state index is 11.5. The van der Waals surface area contributed by atoms with E-state index in [1.807, 2.05) is 6.92 Å². The number of alkyl halides is 1. The van der Waals surface area contributed by atoms with Crippen LogP contribution in [-0.4, -0.2) is 18.0 Å². The lowest BCUT2D eigenvalue weighted by molar-refractivity contribution is -0.143. The highest BCUT2D eigenvalue weighted by Gasteiger charge is 2.04. The zero-order valence-corrected chi connectivity index (χ0v) is 17.8. The van der Waals surface area contributed by atoms with Gasteiger partial charge in [-0.3, -0.25) is 4.79 Å². The van der Waals surface area contributed by atoms with Gasteiger partial charge in [0.05, 0.1) is 6.61 Å². The van der Waals surface area contributed by atoms with E-state index in [-0.39, 0.29) is 11.3 Å². The van der Waals surface area contributed by atoms with Gasteiger partial charge in [-0.25, -0.2) is 0 Å². The second kappa shape index (κ2) is 20.1. The van der Waals surface area contributed by atoms with Crippen LogP contribution in [-0.2, 0) is 9.53 Å². The number of ether oxygens (including phenoxy) is 1. The average molecular weight is 375 g/mol. The van der Waals surface area contributed by atoms with Crippen molar-refractivity contribution in [1.29, 1.82) is 0 Å². The fourth-order valence-corrected chi connectivity index (χ4v) is 3.14. The van der Waals surface area contributed by atoms with Crippen molar-refractivity contribution in [2.45, 2.75) is 128 Å². The molecule has 0 aliphatic heterocycles. The van der Waals surface area contributed by atoms with E-state index < -0.39 is 0 Å². The van der Waals surface area contributed by atoms with Crippen LogP contribution in [0, 0.1) is 0 Å². The first kappa shape index (κ1) is 24.8. The summed E-state index contributed by atoms with van der Waals surface area (Å²) < 4.78 is 5.15. The van der Waals surface area contributed by atoms with Gasteiger partial charge in [0, 0.05) is 11.8 Å². The van der Waals surface area contributed by atoms with Gasteiger partial charge >= 0.3 is 5.97 Å². The van der Waals surface area contributed by atoms with Gasteiger partial charge in [-0.15, -0.1) is 11.6 Å². The standard InChI is InChI=1S/C22H43ClO2/c1-3-4-5-6-7-8-9-10-11-12-13-14-15-16-17-18-22(24)25-20-19-21(2)23/h21H,3-20H2,1-2H3. The molecule has 3 heteroatoms.